The molecule has 2 aromatic rings. The van der Waals surface area contributed by atoms with Gasteiger partial charge in [0, 0.05) is 28.7 Å². The lowest BCUT2D eigenvalue weighted by molar-refractivity contribution is 0.177. The molecule has 0 spiro atoms. The fourth-order valence-corrected chi connectivity index (χ4v) is 4.85. The summed E-state index contributed by atoms with van der Waals surface area (Å²) in [5.74, 6) is 0.826. The van der Waals surface area contributed by atoms with E-state index < -0.39 is 0 Å². The molecule has 152 valence electrons. The minimum Gasteiger partial charge on any atom is -0.344 e. The average Bonchev–Trinajstić information content (AvgIpc) is 3.17. The van der Waals surface area contributed by atoms with E-state index in [9.17, 15) is 0 Å². The van der Waals surface area contributed by atoms with Crippen molar-refractivity contribution in [3.05, 3.63) is 51.2 Å². The van der Waals surface area contributed by atoms with Crippen molar-refractivity contribution < 1.29 is 0 Å². The second-order valence-electron chi connectivity index (χ2n) is 7.80. The van der Waals surface area contributed by atoms with Crippen LogP contribution >= 0.6 is 35.2 Å². The van der Waals surface area contributed by atoms with Crippen molar-refractivity contribution in [2.75, 3.05) is 31.5 Å². The summed E-state index contributed by atoms with van der Waals surface area (Å²) in [6.45, 7) is 9.81. The van der Waals surface area contributed by atoms with Crippen molar-refractivity contribution in [1.29, 1.82) is 0 Å². The molecular formula is C22H30ClN3S2. The fraction of sp³-hybridized carbons (Fsp3) is 0.500. The maximum atomic E-state index is 6.15. The molecule has 1 aromatic carbocycles. The Labute approximate surface area is 183 Å². The first kappa shape index (κ1) is 21.6. The first-order valence-electron chi connectivity index (χ1n) is 10.1. The maximum Gasteiger partial charge on any atom is 0.173 e. The Morgan fingerprint density at radius 1 is 1.39 bits per heavy atom. The molecule has 0 amide bonds. The Bertz CT molecular complexity index is 763. The molecule has 1 N–H and O–H groups in total. The van der Waals surface area contributed by atoms with E-state index >= 15 is 0 Å². The molecule has 1 aromatic heterocycles. The third kappa shape index (κ3) is 6.45. The Hall–Kier alpha value is -1.14. The van der Waals surface area contributed by atoms with Crippen LogP contribution in [0.5, 0.6) is 0 Å². The number of halogens is 1. The van der Waals surface area contributed by atoms with Gasteiger partial charge in [-0.1, -0.05) is 24.6 Å². The molecule has 0 saturated carbocycles. The highest BCUT2D eigenvalue weighted by Crippen LogP contribution is 2.21. The van der Waals surface area contributed by atoms with Gasteiger partial charge in [0.2, 0.25) is 0 Å². The van der Waals surface area contributed by atoms with Crippen LogP contribution in [0.4, 0.5) is 5.69 Å². The number of anilines is 1. The molecular weight excluding hydrogens is 406 g/mol. The van der Waals surface area contributed by atoms with Gasteiger partial charge in [0.15, 0.2) is 5.11 Å². The van der Waals surface area contributed by atoms with Crippen molar-refractivity contribution >= 4 is 46.0 Å². The summed E-state index contributed by atoms with van der Waals surface area (Å²) in [5, 5.41) is 7.09. The quantitative estimate of drug-likeness (QED) is 0.535. The normalized spacial score (nSPS) is 17.5. The molecule has 0 unspecified atom stereocenters. The van der Waals surface area contributed by atoms with Crippen LogP contribution in [0.15, 0.2) is 35.7 Å². The largest absolute Gasteiger partial charge is 0.344 e. The van der Waals surface area contributed by atoms with Gasteiger partial charge in [-0.15, -0.1) is 11.3 Å². The first-order valence-corrected chi connectivity index (χ1v) is 11.7. The number of likely N-dealkylation sites (tertiary alicyclic amines) is 1. The van der Waals surface area contributed by atoms with E-state index in [0.29, 0.717) is 0 Å². The highest BCUT2D eigenvalue weighted by molar-refractivity contribution is 7.80. The van der Waals surface area contributed by atoms with E-state index in [0.717, 1.165) is 53.4 Å². The van der Waals surface area contributed by atoms with Crippen molar-refractivity contribution in [2.45, 2.75) is 39.7 Å². The summed E-state index contributed by atoms with van der Waals surface area (Å²) in [6, 6.07) is 10.2. The lowest BCUT2D eigenvalue weighted by Crippen LogP contribution is -2.39. The zero-order valence-electron chi connectivity index (χ0n) is 16.8. The van der Waals surface area contributed by atoms with Gasteiger partial charge in [0.25, 0.3) is 0 Å². The third-order valence-corrected chi connectivity index (χ3v) is 6.91. The molecule has 3 rings (SSSR count). The summed E-state index contributed by atoms with van der Waals surface area (Å²) in [5.41, 5.74) is 2.05. The van der Waals surface area contributed by atoms with Crippen LogP contribution in [0.2, 0.25) is 5.02 Å². The number of hydrogen-bond acceptors (Lipinski definition) is 3. The zero-order valence-corrected chi connectivity index (χ0v) is 19.2. The number of thiocarbonyl (C=S) groups is 1. The summed E-state index contributed by atoms with van der Waals surface area (Å²) >= 11 is 13.7. The number of thiophene rings is 1. The van der Waals surface area contributed by atoms with Gasteiger partial charge in [0.05, 0.1) is 6.54 Å². The van der Waals surface area contributed by atoms with Crippen LogP contribution in [0, 0.1) is 12.8 Å². The van der Waals surface area contributed by atoms with Crippen LogP contribution in [0.1, 0.15) is 36.6 Å². The molecule has 0 aliphatic carbocycles. The topological polar surface area (TPSA) is 18.5 Å². The van der Waals surface area contributed by atoms with E-state index in [1.165, 1.54) is 30.8 Å². The standard InChI is InChI=1S/C22H30ClN3S2/c1-17-6-3-10-25(15-17)11-5-12-26(16-20-7-4-13-28-20)22(27)24-19-8-9-21(23)18(2)14-19/h4,7-9,13-14,17H,3,5-6,10-12,15-16H2,1-2H3,(H,24,27)/t17-/m0/s1. The van der Waals surface area contributed by atoms with E-state index in [-0.39, 0.29) is 0 Å². The summed E-state index contributed by atoms with van der Waals surface area (Å²) in [6.07, 6.45) is 3.82. The van der Waals surface area contributed by atoms with Gasteiger partial charge in [-0.05, 0) is 92.6 Å². The van der Waals surface area contributed by atoms with E-state index in [4.69, 9.17) is 23.8 Å². The fourth-order valence-electron chi connectivity index (χ4n) is 3.74. The summed E-state index contributed by atoms with van der Waals surface area (Å²) in [7, 11) is 0. The number of rotatable bonds is 7. The molecule has 2 heterocycles. The van der Waals surface area contributed by atoms with Crippen LogP contribution in [-0.2, 0) is 6.54 Å². The zero-order chi connectivity index (χ0) is 19.9. The molecule has 28 heavy (non-hydrogen) atoms. The van der Waals surface area contributed by atoms with Crippen molar-refractivity contribution in [1.82, 2.24) is 9.80 Å². The SMILES string of the molecule is Cc1cc(NC(=S)N(CCCN2CCC[C@H](C)C2)Cc2cccs2)ccc1Cl. The second-order valence-corrected chi connectivity index (χ2v) is 9.62. The van der Waals surface area contributed by atoms with Crippen molar-refractivity contribution in [3.8, 4) is 0 Å². The van der Waals surface area contributed by atoms with E-state index in [1.54, 1.807) is 11.3 Å². The molecule has 1 aliphatic heterocycles. The van der Waals surface area contributed by atoms with Gasteiger partial charge in [0.1, 0.15) is 0 Å². The summed E-state index contributed by atoms with van der Waals surface area (Å²) < 4.78 is 0. The average molecular weight is 436 g/mol. The van der Waals surface area contributed by atoms with E-state index in [1.807, 2.05) is 25.1 Å². The Balaban J connectivity index is 1.58. The second kappa shape index (κ2) is 10.6. The van der Waals surface area contributed by atoms with Crippen LogP contribution in [0.25, 0.3) is 0 Å². The van der Waals surface area contributed by atoms with Crippen LogP contribution in [-0.4, -0.2) is 41.1 Å². The number of piperidine rings is 1. The number of nitrogens with zero attached hydrogens (tertiary/aromatic N) is 2. The minimum absolute atomic E-state index is 0.780. The smallest absolute Gasteiger partial charge is 0.173 e. The minimum atomic E-state index is 0.780. The molecule has 0 radical (unpaired) electrons. The van der Waals surface area contributed by atoms with Crippen molar-refractivity contribution in [2.24, 2.45) is 5.92 Å². The number of benzene rings is 1. The summed E-state index contributed by atoms with van der Waals surface area (Å²) in [4.78, 5) is 6.23. The Morgan fingerprint density at radius 3 is 2.96 bits per heavy atom. The number of hydrogen-bond donors (Lipinski definition) is 1. The maximum absolute atomic E-state index is 6.15. The predicted molar refractivity (Wildman–Crippen MR) is 127 cm³/mol. The van der Waals surface area contributed by atoms with Gasteiger partial charge < -0.3 is 15.1 Å². The molecule has 1 fully saturated rings. The lowest BCUT2D eigenvalue weighted by atomic mass is 10.0. The molecule has 1 atom stereocenters. The molecule has 1 saturated heterocycles. The van der Waals surface area contributed by atoms with Gasteiger partial charge in [-0.3, -0.25) is 0 Å². The molecule has 1 aliphatic rings. The highest BCUT2D eigenvalue weighted by atomic mass is 35.5. The Kier molecular flexibility index (Phi) is 8.15. The van der Waals surface area contributed by atoms with Gasteiger partial charge in [-0.2, -0.15) is 0 Å². The van der Waals surface area contributed by atoms with Crippen LogP contribution < -0.4 is 5.32 Å². The monoisotopic (exact) mass is 435 g/mol. The van der Waals surface area contributed by atoms with Crippen molar-refractivity contribution in [3.63, 3.8) is 0 Å². The first-order chi connectivity index (χ1) is 13.5. The number of aryl methyl sites for hydroxylation is 1. The lowest BCUT2D eigenvalue weighted by Gasteiger charge is -2.32. The van der Waals surface area contributed by atoms with E-state index in [2.05, 4.69) is 39.6 Å². The third-order valence-electron chi connectivity index (χ3n) is 5.27. The number of nitrogens with one attached hydrogen (secondary N) is 1. The Morgan fingerprint density at radius 2 is 2.25 bits per heavy atom. The highest BCUT2D eigenvalue weighted by Gasteiger charge is 2.17. The molecule has 3 nitrogen and oxygen atoms in total. The van der Waals surface area contributed by atoms with Gasteiger partial charge >= 0.3 is 0 Å². The predicted octanol–water partition coefficient (Wildman–Crippen LogP) is 6.03. The van der Waals surface area contributed by atoms with Gasteiger partial charge in [-0.25, -0.2) is 0 Å². The molecule has 6 heteroatoms. The van der Waals surface area contributed by atoms with Crippen LogP contribution in [0.3, 0.4) is 0 Å². The molecule has 0 bridgehead atoms.